The number of anilines is 3. The van der Waals surface area contributed by atoms with E-state index in [1.165, 1.54) is 22.3 Å². The van der Waals surface area contributed by atoms with Gasteiger partial charge in [0.25, 0.3) is 0 Å². The predicted octanol–water partition coefficient (Wildman–Crippen LogP) is 4.66. The molecule has 0 fully saturated rings. The Kier molecular flexibility index (Phi) is 3.34. The minimum Gasteiger partial charge on any atom is -0.278 e. The van der Waals surface area contributed by atoms with Crippen LogP contribution in [0.4, 0.5) is 17.3 Å². The van der Waals surface area contributed by atoms with Gasteiger partial charge in [-0.25, -0.2) is 9.97 Å². The van der Waals surface area contributed by atoms with Gasteiger partial charge in [0.15, 0.2) is 0 Å². The lowest BCUT2D eigenvalue weighted by atomic mass is 10.1. The quantitative estimate of drug-likeness (QED) is 0.654. The summed E-state index contributed by atoms with van der Waals surface area (Å²) >= 11 is 0. The van der Waals surface area contributed by atoms with Gasteiger partial charge < -0.3 is 0 Å². The number of hydrogen-bond acceptors (Lipinski definition) is 3. The minimum atomic E-state index is 0.989. The summed E-state index contributed by atoms with van der Waals surface area (Å²) in [6.45, 7) is 4.27. The minimum absolute atomic E-state index is 0.989. The number of pyridine rings is 2. The molecule has 0 radical (unpaired) electrons. The van der Waals surface area contributed by atoms with Gasteiger partial charge in [-0.1, -0.05) is 29.8 Å². The van der Waals surface area contributed by atoms with Crippen molar-refractivity contribution in [3.63, 3.8) is 0 Å². The van der Waals surface area contributed by atoms with Crippen LogP contribution in [0.5, 0.6) is 0 Å². The maximum atomic E-state index is 4.69. The zero-order valence-corrected chi connectivity index (χ0v) is 13.5. The summed E-state index contributed by atoms with van der Waals surface area (Å²) in [5.74, 6) is 1.99. The van der Waals surface area contributed by atoms with Crippen LogP contribution >= 0.6 is 0 Å². The zero-order valence-electron chi connectivity index (χ0n) is 13.5. The number of rotatable bonds is 1. The number of hydrogen-bond donors (Lipinski definition) is 0. The van der Waals surface area contributed by atoms with Crippen molar-refractivity contribution in [1.29, 1.82) is 0 Å². The average Bonchev–Trinajstić information content (AvgIpc) is 2.72. The van der Waals surface area contributed by atoms with Gasteiger partial charge in [-0.05, 0) is 61.6 Å². The highest BCUT2D eigenvalue weighted by atomic mass is 15.2. The summed E-state index contributed by atoms with van der Waals surface area (Å²) in [7, 11) is 0. The van der Waals surface area contributed by atoms with Crippen LogP contribution in [0.3, 0.4) is 0 Å². The molecule has 0 unspecified atom stereocenters. The first kappa shape index (κ1) is 13.9. The molecule has 2 aromatic heterocycles. The summed E-state index contributed by atoms with van der Waals surface area (Å²) in [6.07, 6.45) is 5.71. The van der Waals surface area contributed by atoms with Gasteiger partial charge in [0.1, 0.15) is 11.6 Å². The number of benzene rings is 1. The van der Waals surface area contributed by atoms with Crippen molar-refractivity contribution < 1.29 is 0 Å². The molecule has 0 saturated heterocycles. The lowest BCUT2D eigenvalue weighted by molar-refractivity contribution is 0.966. The van der Waals surface area contributed by atoms with E-state index in [2.05, 4.69) is 59.0 Å². The first-order valence-electron chi connectivity index (χ1n) is 7.99. The highest BCUT2D eigenvalue weighted by Crippen LogP contribution is 2.40. The van der Waals surface area contributed by atoms with Crippen molar-refractivity contribution in [2.24, 2.45) is 0 Å². The molecular formula is C20H19N3. The molecule has 0 saturated carbocycles. The van der Waals surface area contributed by atoms with E-state index in [0.29, 0.717) is 0 Å². The van der Waals surface area contributed by atoms with Gasteiger partial charge in [-0.2, -0.15) is 0 Å². The van der Waals surface area contributed by atoms with E-state index < -0.39 is 0 Å². The Hall–Kier alpha value is -2.68. The van der Waals surface area contributed by atoms with Crippen LogP contribution in [-0.4, -0.2) is 9.97 Å². The Morgan fingerprint density at radius 3 is 2.00 bits per heavy atom. The molecule has 114 valence electrons. The molecule has 1 aromatic carbocycles. The van der Waals surface area contributed by atoms with Crippen molar-refractivity contribution in [1.82, 2.24) is 9.97 Å². The summed E-state index contributed by atoms with van der Waals surface area (Å²) in [6, 6.07) is 14.9. The van der Waals surface area contributed by atoms with Gasteiger partial charge in [0.2, 0.25) is 0 Å². The van der Waals surface area contributed by atoms with Gasteiger partial charge in [-0.3, -0.25) is 4.90 Å². The lowest BCUT2D eigenvalue weighted by Crippen LogP contribution is -2.15. The molecule has 4 rings (SSSR count). The lowest BCUT2D eigenvalue weighted by Gasteiger charge is -2.26. The summed E-state index contributed by atoms with van der Waals surface area (Å²) in [5, 5.41) is 0. The van der Waals surface area contributed by atoms with Crippen molar-refractivity contribution in [3.8, 4) is 0 Å². The third kappa shape index (κ3) is 2.38. The normalized spacial score (nSPS) is 13.2. The van der Waals surface area contributed by atoms with Crippen molar-refractivity contribution in [2.75, 3.05) is 4.90 Å². The van der Waals surface area contributed by atoms with Crippen LogP contribution in [0.2, 0.25) is 0 Å². The average molecular weight is 301 g/mol. The Morgan fingerprint density at radius 1 is 0.826 bits per heavy atom. The van der Waals surface area contributed by atoms with Crippen molar-refractivity contribution in [3.05, 3.63) is 77.1 Å². The molecule has 3 nitrogen and oxygen atoms in total. The first-order chi connectivity index (χ1) is 11.2. The molecule has 3 heterocycles. The van der Waals surface area contributed by atoms with Crippen LogP contribution < -0.4 is 4.90 Å². The summed E-state index contributed by atoms with van der Waals surface area (Å²) < 4.78 is 0. The van der Waals surface area contributed by atoms with E-state index in [1.807, 2.05) is 24.5 Å². The largest absolute Gasteiger partial charge is 0.278 e. The fourth-order valence-corrected chi connectivity index (χ4v) is 3.31. The standard InChI is InChI=1S/C20H19N3/c1-14-7-10-18(15(2)13-14)23-19-16(5-3-11-21-19)8-9-17-6-4-12-22-20(17)23/h3-7,10-13H,8-9H2,1-2H3. The van der Waals surface area contributed by atoms with E-state index in [4.69, 9.17) is 0 Å². The molecule has 3 heteroatoms. The fraction of sp³-hybridized carbons (Fsp3) is 0.200. The topological polar surface area (TPSA) is 29.0 Å². The highest BCUT2D eigenvalue weighted by molar-refractivity contribution is 5.78. The molecule has 0 amide bonds. The summed E-state index contributed by atoms with van der Waals surface area (Å²) in [4.78, 5) is 11.6. The van der Waals surface area contributed by atoms with Crippen LogP contribution in [0.25, 0.3) is 0 Å². The molecule has 0 N–H and O–H groups in total. The Bertz CT molecular complexity index is 823. The first-order valence-corrected chi connectivity index (χ1v) is 7.99. The van der Waals surface area contributed by atoms with Crippen molar-refractivity contribution >= 4 is 17.3 Å². The molecule has 23 heavy (non-hydrogen) atoms. The van der Waals surface area contributed by atoms with Crippen LogP contribution in [0.1, 0.15) is 22.3 Å². The zero-order chi connectivity index (χ0) is 15.8. The fourth-order valence-electron chi connectivity index (χ4n) is 3.31. The van der Waals surface area contributed by atoms with Gasteiger partial charge >= 0.3 is 0 Å². The van der Waals surface area contributed by atoms with Crippen LogP contribution in [0, 0.1) is 13.8 Å². The van der Waals surface area contributed by atoms with Gasteiger partial charge in [0.05, 0.1) is 5.69 Å². The van der Waals surface area contributed by atoms with Gasteiger partial charge in [0, 0.05) is 12.4 Å². The maximum absolute atomic E-state index is 4.69. The Labute approximate surface area is 136 Å². The molecule has 0 spiro atoms. The third-order valence-electron chi connectivity index (χ3n) is 4.42. The smallest absolute Gasteiger partial charge is 0.141 e. The molecule has 1 aliphatic heterocycles. The highest BCUT2D eigenvalue weighted by Gasteiger charge is 2.24. The molecule has 0 aliphatic carbocycles. The maximum Gasteiger partial charge on any atom is 0.141 e. The number of nitrogens with zero attached hydrogens (tertiary/aromatic N) is 3. The number of aryl methyl sites for hydroxylation is 4. The van der Waals surface area contributed by atoms with Crippen LogP contribution in [0.15, 0.2) is 54.9 Å². The second kappa shape index (κ2) is 5.51. The SMILES string of the molecule is Cc1ccc(N2c3ncccc3CCc3cccnc32)c(C)c1. The third-order valence-corrected chi connectivity index (χ3v) is 4.42. The van der Waals surface area contributed by atoms with E-state index >= 15 is 0 Å². The van der Waals surface area contributed by atoms with Crippen LogP contribution in [-0.2, 0) is 12.8 Å². The predicted molar refractivity (Wildman–Crippen MR) is 93.6 cm³/mol. The van der Waals surface area contributed by atoms with E-state index in [0.717, 1.165) is 30.2 Å². The second-order valence-electron chi connectivity index (χ2n) is 6.10. The number of fused-ring (bicyclic) bond motifs is 2. The van der Waals surface area contributed by atoms with Gasteiger partial charge in [-0.15, -0.1) is 0 Å². The Morgan fingerprint density at radius 2 is 1.43 bits per heavy atom. The molecule has 0 bridgehead atoms. The second-order valence-corrected chi connectivity index (χ2v) is 6.10. The monoisotopic (exact) mass is 301 g/mol. The van der Waals surface area contributed by atoms with E-state index in [1.54, 1.807) is 0 Å². The molecule has 0 atom stereocenters. The van der Waals surface area contributed by atoms with Crippen molar-refractivity contribution in [2.45, 2.75) is 26.7 Å². The molecular weight excluding hydrogens is 282 g/mol. The summed E-state index contributed by atoms with van der Waals surface area (Å²) in [5.41, 5.74) is 6.19. The van der Waals surface area contributed by atoms with E-state index in [9.17, 15) is 0 Å². The molecule has 3 aromatic rings. The number of aromatic nitrogens is 2. The Balaban J connectivity index is 2.00. The molecule has 1 aliphatic rings. The van der Waals surface area contributed by atoms with E-state index in [-0.39, 0.29) is 0 Å².